The fourth-order valence-electron chi connectivity index (χ4n) is 3.56. The van der Waals surface area contributed by atoms with Gasteiger partial charge in [-0.2, -0.15) is 0 Å². The lowest BCUT2D eigenvalue weighted by Crippen LogP contribution is -2.46. The van der Waals surface area contributed by atoms with Crippen LogP contribution in [-0.2, 0) is 25.6 Å². The molecule has 1 unspecified atom stereocenters. The molecular weight excluding hydrogens is 316 g/mol. The summed E-state index contributed by atoms with van der Waals surface area (Å²) in [5.74, 6) is -2.10. The third-order valence-electron chi connectivity index (χ3n) is 4.64. The maximum Gasteiger partial charge on any atom is 0.407 e. The number of Topliss-reactive ketones (excluding diaryl/α,β-unsaturated/α-hetero) is 2. The first-order valence-electron chi connectivity index (χ1n) is 7.63. The molecule has 8 nitrogen and oxygen atoms in total. The normalized spacial score (nSPS) is 25.5. The SMILES string of the molecule is COC(=O)N[C@H]1CC(=O)c2ccn3c2C1C(=O)C[C@H](C(=O)OC)C3. The molecule has 3 atom stereocenters. The number of carbonyl (C=O) groups excluding carboxylic acids is 4. The van der Waals surface area contributed by atoms with Crippen LogP contribution in [0.3, 0.4) is 0 Å². The molecule has 0 bridgehead atoms. The number of nitrogens with zero attached hydrogens (tertiary/aromatic N) is 1. The lowest BCUT2D eigenvalue weighted by Gasteiger charge is -2.30. The number of hydrogen-bond donors (Lipinski definition) is 1. The van der Waals surface area contributed by atoms with Gasteiger partial charge in [0.1, 0.15) is 5.78 Å². The maximum atomic E-state index is 12.8. The van der Waals surface area contributed by atoms with Gasteiger partial charge >= 0.3 is 12.1 Å². The smallest absolute Gasteiger partial charge is 0.407 e. The molecule has 1 amide bonds. The fraction of sp³-hybridized carbons (Fsp3) is 0.500. The molecule has 0 saturated heterocycles. The third kappa shape index (κ3) is 2.57. The van der Waals surface area contributed by atoms with Crippen molar-refractivity contribution in [1.82, 2.24) is 9.88 Å². The Morgan fingerprint density at radius 3 is 2.62 bits per heavy atom. The van der Waals surface area contributed by atoms with Crippen LogP contribution in [-0.4, -0.2) is 48.5 Å². The highest BCUT2D eigenvalue weighted by Gasteiger charge is 2.44. The van der Waals surface area contributed by atoms with Gasteiger partial charge in [0.2, 0.25) is 0 Å². The monoisotopic (exact) mass is 334 g/mol. The van der Waals surface area contributed by atoms with Crippen molar-refractivity contribution in [2.24, 2.45) is 5.92 Å². The van der Waals surface area contributed by atoms with Gasteiger partial charge in [0.05, 0.1) is 32.1 Å². The standard InChI is InChI=1S/C16H18N2O6/c1-23-15(21)8-5-12(20)13-10(17-16(22)24-2)6-11(19)9-3-4-18(7-8)14(9)13/h3-4,8,10,13H,5-7H2,1-2H3,(H,17,22)/t8-,10-,13?/m0/s1. The molecule has 2 aliphatic rings. The molecule has 1 aliphatic heterocycles. The molecule has 0 fully saturated rings. The summed E-state index contributed by atoms with van der Waals surface area (Å²) in [5.41, 5.74) is 1.03. The van der Waals surface area contributed by atoms with E-state index in [1.54, 1.807) is 16.8 Å². The van der Waals surface area contributed by atoms with Crippen molar-refractivity contribution < 1.29 is 28.7 Å². The molecule has 3 rings (SSSR count). The Kier molecular flexibility index (Phi) is 4.13. The van der Waals surface area contributed by atoms with E-state index in [1.807, 2.05) is 0 Å². The lowest BCUT2D eigenvalue weighted by atomic mass is 9.79. The number of aromatic nitrogens is 1. The highest BCUT2D eigenvalue weighted by atomic mass is 16.5. The summed E-state index contributed by atoms with van der Waals surface area (Å²) in [6, 6.07) is 0.974. The Bertz CT molecular complexity index is 722. The average Bonchev–Trinajstić information content (AvgIpc) is 2.91. The molecule has 1 aromatic heterocycles. The summed E-state index contributed by atoms with van der Waals surface area (Å²) < 4.78 is 11.1. The van der Waals surface area contributed by atoms with E-state index in [1.165, 1.54) is 14.2 Å². The van der Waals surface area contributed by atoms with Crippen LogP contribution in [0.5, 0.6) is 0 Å². The quantitative estimate of drug-likeness (QED) is 0.796. The van der Waals surface area contributed by atoms with E-state index in [-0.39, 0.29) is 31.0 Å². The van der Waals surface area contributed by atoms with Gasteiger partial charge in [-0.15, -0.1) is 0 Å². The Balaban J connectivity index is 2.03. The average molecular weight is 334 g/mol. The number of rotatable bonds is 2. The Hall–Kier alpha value is -2.64. The van der Waals surface area contributed by atoms with Crippen molar-refractivity contribution in [1.29, 1.82) is 0 Å². The third-order valence-corrected chi connectivity index (χ3v) is 4.64. The summed E-state index contributed by atoms with van der Waals surface area (Å²) in [6.45, 7) is 0.266. The van der Waals surface area contributed by atoms with E-state index in [9.17, 15) is 19.2 Å². The number of ketones is 2. The van der Waals surface area contributed by atoms with E-state index in [4.69, 9.17) is 4.74 Å². The van der Waals surface area contributed by atoms with Crippen LogP contribution in [0.2, 0.25) is 0 Å². The van der Waals surface area contributed by atoms with Crippen molar-refractivity contribution in [2.75, 3.05) is 14.2 Å². The molecule has 24 heavy (non-hydrogen) atoms. The number of carbonyl (C=O) groups is 4. The van der Waals surface area contributed by atoms with E-state index < -0.39 is 29.9 Å². The number of esters is 1. The van der Waals surface area contributed by atoms with Crippen LogP contribution < -0.4 is 5.32 Å². The largest absolute Gasteiger partial charge is 0.469 e. The molecule has 2 heterocycles. The van der Waals surface area contributed by atoms with Gasteiger partial charge in [0.25, 0.3) is 0 Å². The second kappa shape index (κ2) is 6.10. The number of hydrogen-bond acceptors (Lipinski definition) is 6. The highest BCUT2D eigenvalue weighted by Crippen LogP contribution is 2.38. The molecule has 1 aromatic rings. The summed E-state index contributed by atoms with van der Waals surface area (Å²) >= 11 is 0. The molecule has 8 heteroatoms. The zero-order chi connectivity index (χ0) is 17.4. The molecule has 1 N–H and O–H groups in total. The maximum absolute atomic E-state index is 12.8. The molecule has 1 aliphatic carbocycles. The van der Waals surface area contributed by atoms with Crippen molar-refractivity contribution in [3.8, 4) is 0 Å². The van der Waals surface area contributed by atoms with Gasteiger partial charge in [0.15, 0.2) is 5.78 Å². The van der Waals surface area contributed by atoms with Crippen molar-refractivity contribution in [2.45, 2.75) is 31.3 Å². The van der Waals surface area contributed by atoms with Crippen molar-refractivity contribution >= 4 is 23.6 Å². The van der Waals surface area contributed by atoms with Crippen molar-refractivity contribution in [3.63, 3.8) is 0 Å². The predicted octanol–water partition coefficient (Wildman–Crippen LogP) is 0.645. The van der Waals surface area contributed by atoms with Crippen LogP contribution in [0.15, 0.2) is 12.3 Å². The molecule has 0 radical (unpaired) electrons. The molecule has 128 valence electrons. The number of alkyl carbamates (subject to hydrolysis) is 1. The zero-order valence-electron chi connectivity index (χ0n) is 13.4. The fourth-order valence-corrected chi connectivity index (χ4v) is 3.56. The minimum Gasteiger partial charge on any atom is -0.469 e. The summed E-state index contributed by atoms with van der Waals surface area (Å²) in [5, 5.41) is 2.58. The Morgan fingerprint density at radius 1 is 1.21 bits per heavy atom. The Morgan fingerprint density at radius 2 is 1.96 bits per heavy atom. The van der Waals surface area contributed by atoms with Gasteiger partial charge in [-0.3, -0.25) is 14.4 Å². The van der Waals surface area contributed by atoms with Crippen LogP contribution in [0.25, 0.3) is 0 Å². The van der Waals surface area contributed by atoms with E-state index in [0.717, 1.165) is 0 Å². The summed E-state index contributed by atoms with van der Waals surface area (Å²) in [7, 11) is 2.50. The minimum absolute atomic E-state index is 0.00596. The number of ether oxygens (including phenoxy) is 2. The predicted molar refractivity (Wildman–Crippen MR) is 80.6 cm³/mol. The van der Waals surface area contributed by atoms with Gasteiger partial charge < -0.3 is 19.4 Å². The van der Waals surface area contributed by atoms with Crippen LogP contribution in [0.4, 0.5) is 4.79 Å². The topological polar surface area (TPSA) is 104 Å². The zero-order valence-corrected chi connectivity index (χ0v) is 13.4. The number of methoxy groups -OCH3 is 2. The van der Waals surface area contributed by atoms with E-state index in [2.05, 4.69) is 10.1 Å². The van der Waals surface area contributed by atoms with Crippen LogP contribution >= 0.6 is 0 Å². The van der Waals surface area contributed by atoms with Gasteiger partial charge in [-0.1, -0.05) is 0 Å². The first-order valence-corrected chi connectivity index (χ1v) is 7.63. The second-order valence-corrected chi connectivity index (χ2v) is 6.00. The number of amides is 1. The Labute approximate surface area is 138 Å². The van der Waals surface area contributed by atoms with E-state index in [0.29, 0.717) is 11.3 Å². The summed E-state index contributed by atoms with van der Waals surface area (Å²) in [6.07, 6.45) is 1.03. The van der Waals surface area contributed by atoms with E-state index >= 15 is 0 Å². The van der Waals surface area contributed by atoms with Gasteiger partial charge in [-0.05, 0) is 6.07 Å². The van der Waals surface area contributed by atoms with Crippen LogP contribution in [0, 0.1) is 5.92 Å². The first kappa shape index (κ1) is 16.2. The molecule has 0 saturated carbocycles. The lowest BCUT2D eigenvalue weighted by molar-refractivity contribution is -0.147. The highest BCUT2D eigenvalue weighted by molar-refractivity contribution is 6.03. The second-order valence-electron chi connectivity index (χ2n) is 6.00. The van der Waals surface area contributed by atoms with Gasteiger partial charge in [-0.25, -0.2) is 4.79 Å². The van der Waals surface area contributed by atoms with Gasteiger partial charge in [0, 0.05) is 36.8 Å². The summed E-state index contributed by atoms with van der Waals surface area (Å²) in [4.78, 5) is 48.6. The molecule has 0 spiro atoms. The van der Waals surface area contributed by atoms with Crippen LogP contribution in [0.1, 0.15) is 34.8 Å². The number of nitrogens with one attached hydrogen (secondary N) is 1. The van der Waals surface area contributed by atoms with Crippen molar-refractivity contribution in [3.05, 3.63) is 23.5 Å². The molecule has 0 aromatic carbocycles. The first-order chi connectivity index (χ1) is 11.5. The molecular formula is C16H18N2O6. The minimum atomic E-state index is -0.698.